The number of rotatable bonds is 5. The molecule has 3 fully saturated rings. The van der Waals surface area contributed by atoms with Gasteiger partial charge in [-0.2, -0.15) is 0 Å². The number of hydrogen-bond donors (Lipinski definition) is 1. The Balaban J connectivity index is 1.55. The average Bonchev–Trinajstić information content (AvgIpc) is 3.32. The summed E-state index contributed by atoms with van der Waals surface area (Å²) < 4.78 is 0. The lowest BCUT2D eigenvalue weighted by Gasteiger charge is -2.47. The van der Waals surface area contributed by atoms with Gasteiger partial charge in [-0.05, 0) is 64.1 Å². The van der Waals surface area contributed by atoms with Gasteiger partial charge in [-0.3, -0.25) is 4.90 Å². The largest absolute Gasteiger partial charge is 0.311 e. The fourth-order valence-corrected chi connectivity index (χ4v) is 4.28. The maximum atomic E-state index is 3.83. The van der Waals surface area contributed by atoms with E-state index in [0.29, 0.717) is 0 Å². The second-order valence-corrected chi connectivity index (χ2v) is 7.18. The van der Waals surface area contributed by atoms with Crippen molar-refractivity contribution in [2.45, 2.75) is 70.5 Å². The van der Waals surface area contributed by atoms with E-state index in [1.54, 1.807) is 0 Å². The van der Waals surface area contributed by atoms with Gasteiger partial charge in [0.1, 0.15) is 0 Å². The molecule has 0 aromatic carbocycles. The highest BCUT2D eigenvalue weighted by Gasteiger charge is 2.39. The predicted octanol–water partition coefficient (Wildman–Crippen LogP) is 2.32. The Bertz CT molecular complexity index is 295. The van der Waals surface area contributed by atoms with E-state index >= 15 is 0 Å². The monoisotopic (exact) mass is 279 g/mol. The summed E-state index contributed by atoms with van der Waals surface area (Å²) in [4.78, 5) is 5.56. The number of piperidine rings is 1. The summed E-state index contributed by atoms with van der Waals surface area (Å²) >= 11 is 0. The van der Waals surface area contributed by atoms with Crippen LogP contribution < -0.4 is 5.32 Å². The molecule has 2 atom stereocenters. The van der Waals surface area contributed by atoms with Crippen LogP contribution in [0.15, 0.2) is 0 Å². The van der Waals surface area contributed by atoms with Crippen LogP contribution in [0.2, 0.25) is 0 Å². The van der Waals surface area contributed by atoms with Gasteiger partial charge in [0.2, 0.25) is 0 Å². The molecule has 3 nitrogen and oxygen atoms in total. The Morgan fingerprint density at radius 3 is 2.40 bits per heavy atom. The minimum atomic E-state index is 0.785. The summed E-state index contributed by atoms with van der Waals surface area (Å²) in [7, 11) is 0. The SMILES string of the molecule is CCCN1CCC(N2CC(C3CC3)NCC2CC)CC1. The number of hydrogen-bond acceptors (Lipinski definition) is 3. The maximum Gasteiger partial charge on any atom is 0.0224 e. The summed E-state index contributed by atoms with van der Waals surface area (Å²) in [6.07, 6.45) is 8.34. The molecule has 116 valence electrons. The summed E-state index contributed by atoms with van der Waals surface area (Å²) in [5.74, 6) is 0.996. The molecular weight excluding hydrogens is 246 g/mol. The van der Waals surface area contributed by atoms with Crippen molar-refractivity contribution >= 4 is 0 Å². The molecule has 0 aromatic heterocycles. The van der Waals surface area contributed by atoms with E-state index in [4.69, 9.17) is 0 Å². The highest BCUT2D eigenvalue weighted by molar-refractivity contribution is 4.97. The molecule has 0 bridgehead atoms. The molecule has 0 spiro atoms. The van der Waals surface area contributed by atoms with Crippen LogP contribution >= 0.6 is 0 Å². The van der Waals surface area contributed by atoms with Crippen molar-refractivity contribution in [3.8, 4) is 0 Å². The summed E-state index contributed by atoms with van der Waals surface area (Å²) in [5, 5.41) is 3.83. The average molecular weight is 279 g/mol. The fourth-order valence-electron chi connectivity index (χ4n) is 4.28. The van der Waals surface area contributed by atoms with Crippen molar-refractivity contribution in [3.63, 3.8) is 0 Å². The van der Waals surface area contributed by atoms with Crippen LogP contribution in [0.25, 0.3) is 0 Å². The first-order chi connectivity index (χ1) is 9.81. The van der Waals surface area contributed by atoms with Crippen LogP contribution in [-0.4, -0.2) is 60.6 Å². The lowest BCUT2D eigenvalue weighted by atomic mass is 9.96. The first-order valence-electron chi connectivity index (χ1n) is 9.03. The number of likely N-dealkylation sites (tertiary alicyclic amines) is 1. The van der Waals surface area contributed by atoms with E-state index < -0.39 is 0 Å². The third-order valence-electron chi connectivity index (χ3n) is 5.72. The number of nitrogens with zero attached hydrogens (tertiary/aromatic N) is 2. The first kappa shape index (κ1) is 14.8. The van der Waals surface area contributed by atoms with E-state index in [9.17, 15) is 0 Å². The van der Waals surface area contributed by atoms with Crippen molar-refractivity contribution in [2.24, 2.45) is 5.92 Å². The zero-order valence-corrected chi connectivity index (χ0v) is 13.5. The molecule has 2 aliphatic heterocycles. The lowest BCUT2D eigenvalue weighted by Crippen LogP contribution is -2.61. The van der Waals surface area contributed by atoms with Gasteiger partial charge < -0.3 is 10.2 Å². The third-order valence-corrected chi connectivity index (χ3v) is 5.72. The van der Waals surface area contributed by atoms with Crippen molar-refractivity contribution in [2.75, 3.05) is 32.7 Å². The molecule has 0 amide bonds. The summed E-state index contributed by atoms with van der Waals surface area (Å²) in [6.45, 7) is 11.2. The minimum absolute atomic E-state index is 0.785. The van der Waals surface area contributed by atoms with E-state index in [0.717, 1.165) is 24.0 Å². The molecule has 0 aromatic rings. The normalized spacial score (nSPS) is 34.5. The van der Waals surface area contributed by atoms with E-state index in [-0.39, 0.29) is 0 Å². The van der Waals surface area contributed by atoms with Gasteiger partial charge in [-0.1, -0.05) is 13.8 Å². The van der Waals surface area contributed by atoms with Crippen molar-refractivity contribution < 1.29 is 0 Å². The highest BCUT2D eigenvalue weighted by Crippen LogP contribution is 2.35. The van der Waals surface area contributed by atoms with Gasteiger partial charge in [0.05, 0.1) is 0 Å². The predicted molar refractivity (Wildman–Crippen MR) is 85.1 cm³/mol. The lowest BCUT2D eigenvalue weighted by molar-refractivity contribution is 0.0371. The van der Waals surface area contributed by atoms with Crippen LogP contribution in [-0.2, 0) is 0 Å². The molecule has 3 aliphatic rings. The van der Waals surface area contributed by atoms with Crippen LogP contribution in [0, 0.1) is 5.92 Å². The van der Waals surface area contributed by atoms with Gasteiger partial charge in [0.25, 0.3) is 0 Å². The van der Waals surface area contributed by atoms with Gasteiger partial charge >= 0.3 is 0 Å². The van der Waals surface area contributed by atoms with E-state index in [1.165, 1.54) is 71.2 Å². The minimum Gasteiger partial charge on any atom is -0.311 e. The van der Waals surface area contributed by atoms with Gasteiger partial charge in [-0.15, -0.1) is 0 Å². The molecule has 2 unspecified atom stereocenters. The molecule has 3 heteroatoms. The third kappa shape index (κ3) is 3.37. The number of piperazine rings is 1. The van der Waals surface area contributed by atoms with E-state index in [2.05, 4.69) is 29.0 Å². The standard InChI is InChI=1S/C17H33N3/c1-3-9-19-10-7-16(8-11-19)20-13-17(14-5-6-14)18-12-15(20)4-2/h14-18H,3-13H2,1-2H3. The molecule has 2 saturated heterocycles. The fraction of sp³-hybridized carbons (Fsp3) is 1.00. The van der Waals surface area contributed by atoms with Crippen LogP contribution in [0.4, 0.5) is 0 Å². The first-order valence-corrected chi connectivity index (χ1v) is 9.03. The molecular formula is C17H33N3. The van der Waals surface area contributed by atoms with Gasteiger partial charge in [-0.25, -0.2) is 0 Å². The second kappa shape index (κ2) is 6.76. The molecule has 0 radical (unpaired) electrons. The quantitative estimate of drug-likeness (QED) is 0.833. The van der Waals surface area contributed by atoms with Crippen LogP contribution in [0.3, 0.4) is 0 Å². The topological polar surface area (TPSA) is 18.5 Å². The summed E-state index contributed by atoms with van der Waals surface area (Å²) in [5.41, 5.74) is 0. The zero-order valence-electron chi connectivity index (χ0n) is 13.5. The van der Waals surface area contributed by atoms with Crippen molar-refractivity contribution in [3.05, 3.63) is 0 Å². The molecule has 20 heavy (non-hydrogen) atoms. The van der Waals surface area contributed by atoms with Gasteiger partial charge in [0.15, 0.2) is 0 Å². The molecule has 1 aliphatic carbocycles. The van der Waals surface area contributed by atoms with Crippen LogP contribution in [0.5, 0.6) is 0 Å². The molecule has 2 heterocycles. The highest BCUT2D eigenvalue weighted by atomic mass is 15.3. The van der Waals surface area contributed by atoms with Crippen molar-refractivity contribution in [1.29, 1.82) is 0 Å². The zero-order chi connectivity index (χ0) is 13.9. The smallest absolute Gasteiger partial charge is 0.0224 e. The Kier molecular flexibility index (Phi) is 5.00. The molecule has 3 rings (SSSR count). The molecule has 1 N–H and O–H groups in total. The van der Waals surface area contributed by atoms with Crippen molar-refractivity contribution in [1.82, 2.24) is 15.1 Å². The molecule has 1 saturated carbocycles. The Labute approximate surface area is 125 Å². The maximum absolute atomic E-state index is 3.83. The summed E-state index contributed by atoms with van der Waals surface area (Å²) in [6, 6.07) is 2.44. The second-order valence-electron chi connectivity index (χ2n) is 7.18. The van der Waals surface area contributed by atoms with E-state index in [1.807, 2.05) is 0 Å². The van der Waals surface area contributed by atoms with Gasteiger partial charge in [0, 0.05) is 31.2 Å². The Morgan fingerprint density at radius 1 is 1.05 bits per heavy atom. The van der Waals surface area contributed by atoms with Crippen LogP contribution in [0.1, 0.15) is 52.4 Å². The Hall–Kier alpha value is -0.120. The Morgan fingerprint density at radius 2 is 1.80 bits per heavy atom. The number of nitrogens with one attached hydrogen (secondary N) is 1.